The maximum Gasteiger partial charge on any atom is 0.160 e. The number of nitrogens with one attached hydrogen (secondary N) is 1. The molecular formula is C14H17N7. The fraction of sp³-hybridized carbons (Fsp3) is 0.286. The van der Waals surface area contributed by atoms with E-state index in [9.17, 15) is 0 Å². The Morgan fingerprint density at radius 1 is 1.29 bits per heavy atom. The summed E-state index contributed by atoms with van der Waals surface area (Å²) in [4.78, 5) is 6.34. The molecule has 3 heterocycles. The van der Waals surface area contributed by atoms with E-state index in [1.165, 1.54) is 5.56 Å². The summed E-state index contributed by atoms with van der Waals surface area (Å²) in [6.45, 7) is 0.857. The molecule has 0 amide bonds. The van der Waals surface area contributed by atoms with Crippen molar-refractivity contribution in [1.29, 1.82) is 0 Å². The molecule has 7 heteroatoms. The number of likely N-dealkylation sites (N-methyl/N-ethyl adjacent to an activating group) is 1. The third-order valence-electron chi connectivity index (χ3n) is 3.38. The van der Waals surface area contributed by atoms with Gasteiger partial charge >= 0.3 is 0 Å². The highest BCUT2D eigenvalue weighted by molar-refractivity contribution is 5.51. The van der Waals surface area contributed by atoms with Crippen molar-refractivity contribution >= 4 is 5.82 Å². The van der Waals surface area contributed by atoms with Gasteiger partial charge in [-0.2, -0.15) is 5.10 Å². The summed E-state index contributed by atoms with van der Waals surface area (Å²) < 4.78 is 1.92. The molecule has 0 radical (unpaired) electrons. The van der Waals surface area contributed by atoms with Crippen molar-refractivity contribution in [1.82, 2.24) is 29.9 Å². The highest BCUT2D eigenvalue weighted by Gasteiger charge is 2.08. The number of rotatable bonds is 5. The van der Waals surface area contributed by atoms with Crippen LogP contribution in [0.4, 0.5) is 5.82 Å². The number of H-pyrrole nitrogens is 1. The summed E-state index contributed by atoms with van der Waals surface area (Å²) in [7, 11) is 3.94. The number of aryl methyl sites for hydroxylation is 1. The van der Waals surface area contributed by atoms with Gasteiger partial charge in [0.05, 0.1) is 6.20 Å². The fourth-order valence-electron chi connectivity index (χ4n) is 2.09. The molecule has 7 nitrogen and oxygen atoms in total. The summed E-state index contributed by atoms with van der Waals surface area (Å²) in [5.41, 5.74) is 1.95. The number of aromatic amines is 1. The quantitative estimate of drug-likeness (QED) is 0.763. The molecule has 0 fully saturated rings. The molecule has 0 aliphatic rings. The van der Waals surface area contributed by atoms with Crippen molar-refractivity contribution in [2.24, 2.45) is 7.05 Å². The number of anilines is 1. The third-order valence-corrected chi connectivity index (χ3v) is 3.38. The first kappa shape index (κ1) is 13.3. The zero-order valence-electron chi connectivity index (χ0n) is 12.1. The molecule has 0 unspecified atom stereocenters. The van der Waals surface area contributed by atoms with E-state index >= 15 is 0 Å². The molecule has 0 aliphatic heterocycles. The normalized spacial score (nSPS) is 10.8. The number of nitrogens with zero attached hydrogens (tertiary/aromatic N) is 6. The van der Waals surface area contributed by atoms with Gasteiger partial charge in [-0.15, -0.1) is 10.2 Å². The second-order valence-corrected chi connectivity index (χ2v) is 4.92. The Labute approximate surface area is 122 Å². The molecule has 108 valence electrons. The van der Waals surface area contributed by atoms with Gasteiger partial charge in [-0.1, -0.05) is 0 Å². The minimum atomic E-state index is 0.773. The van der Waals surface area contributed by atoms with Gasteiger partial charge in [-0.25, -0.2) is 4.98 Å². The molecule has 1 N–H and O–H groups in total. The summed E-state index contributed by atoms with van der Waals surface area (Å²) in [6.07, 6.45) is 8.30. The van der Waals surface area contributed by atoms with E-state index in [4.69, 9.17) is 0 Å². The minimum Gasteiger partial charge on any atom is -0.358 e. The molecule has 0 aliphatic carbocycles. The lowest BCUT2D eigenvalue weighted by atomic mass is 10.2. The Morgan fingerprint density at radius 2 is 2.19 bits per heavy atom. The molecule has 0 bridgehead atoms. The lowest BCUT2D eigenvalue weighted by Gasteiger charge is -2.17. The summed E-state index contributed by atoms with van der Waals surface area (Å²) in [5.74, 6) is 1.66. The lowest BCUT2D eigenvalue weighted by molar-refractivity contribution is 0.836. The maximum absolute atomic E-state index is 4.27. The smallest absolute Gasteiger partial charge is 0.160 e. The Bertz CT molecular complexity index is 684. The highest BCUT2D eigenvalue weighted by Crippen LogP contribution is 2.15. The van der Waals surface area contributed by atoms with Crippen LogP contribution in [0.15, 0.2) is 36.9 Å². The SMILES string of the molecule is CN(CCc1cn[nH]c1)c1ccc(-c2nccn2C)nn1. The summed E-state index contributed by atoms with van der Waals surface area (Å²) >= 11 is 0. The first-order chi connectivity index (χ1) is 10.2. The van der Waals surface area contributed by atoms with Crippen molar-refractivity contribution in [3.05, 3.63) is 42.5 Å². The molecule has 21 heavy (non-hydrogen) atoms. The van der Waals surface area contributed by atoms with Crippen LogP contribution in [-0.2, 0) is 13.5 Å². The molecule has 0 atom stereocenters. The predicted octanol–water partition coefficient (Wildman–Crippen LogP) is 1.28. The van der Waals surface area contributed by atoms with Crippen LogP contribution in [0.3, 0.4) is 0 Å². The van der Waals surface area contributed by atoms with E-state index in [1.54, 1.807) is 6.20 Å². The monoisotopic (exact) mass is 283 g/mol. The molecule has 0 saturated carbocycles. The van der Waals surface area contributed by atoms with Crippen molar-refractivity contribution in [2.45, 2.75) is 6.42 Å². The maximum atomic E-state index is 4.27. The van der Waals surface area contributed by atoms with Gasteiger partial charge in [0.1, 0.15) is 5.69 Å². The van der Waals surface area contributed by atoms with Crippen molar-refractivity contribution in [2.75, 3.05) is 18.5 Å². The number of hydrogen-bond donors (Lipinski definition) is 1. The summed E-state index contributed by atoms with van der Waals surface area (Å²) in [5, 5.41) is 15.3. The minimum absolute atomic E-state index is 0.773. The molecule has 3 aromatic rings. The fourth-order valence-corrected chi connectivity index (χ4v) is 2.09. The van der Waals surface area contributed by atoms with Gasteiger partial charge in [0.15, 0.2) is 11.6 Å². The van der Waals surface area contributed by atoms with Crippen LogP contribution in [0.5, 0.6) is 0 Å². The first-order valence-electron chi connectivity index (χ1n) is 6.74. The van der Waals surface area contributed by atoms with Crippen LogP contribution in [0.2, 0.25) is 0 Å². The largest absolute Gasteiger partial charge is 0.358 e. The predicted molar refractivity (Wildman–Crippen MR) is 79.8 cm³/mol. The summed E-state index contributed by atoms with van der Waals surface area (Å²) in [6, 6.07) is 3.91. The van der Waals surface area contributed by atoms with Gasteiger partial charge in [-0.3, -0.25) is 5.10 Å². The average Bonchev–Trinajstić information content (AvgIpc) is 3.16. The zero-order valence-corrected chi connectivity index (χ0v) is 12.1. The van der Waals surface area contributed by atoms with E-state index < -0.39 is 0 Å². The van der Waals surface area contributed by atoms with Gasteiger partial charge in [-0.05, 0) is 24.1 Å². The molecule has 3 aromatic heterocycles. The highest BCUT2D eigenvalue weighted by atomic mass is 15.3. The van der Waals surface area contributed by atoms with E-state index in [2.05, 4.69) is 30.3 Å². The first-order valence-corrected chi connectivity index (χ1v) is 6.74. The average molecular weight is 283 g/mol. The Morgan fingerprint density at radius 3 is 2.81 bits per heavy atom. The van der Waals surface area contributed by atoms with Gasteiger partial charge in [0, 0.05) is 39.2 Å². The third kappa shape index (κ3) is 2.91. The molecule has 3 rings (SSSR count). The number of imidazole rings is 1. The van der Waals surface area contributed by atoms with Gasteiger partial charge < -0.3 is 9.47 Å². The Balaban J connectivity index is 1.67. The van der Waals surface area contributed by atoms with E-state index in [-0.39, 0.29) is 0 Å². The van der Waals surface area contributed by atoms with Crippen LogP contribution in [0.1, 0.15) is 5.56 Å². The Hall–Kier alpha value is -2.70. The molecule has 0 spiro atoms. The second kappa shape index (κ2) is 5.74. The van der Waals surface area contributed by atoms with Crippen LogP contribution < -0.4 is 4.90 Å². The van der Waals surface area contributed by atoms with Crippen molar-refractivity contribution in [3.8, 4) is 11.5 Å². The number of hydrogen-bond acceptors (Lipinski definition) is 5. The molecular weight excluding hydrogens is 266 g/mol. The van der Waals surface area contributed by atoms with E-state index in [1.807, 2.05) is 49.4 Å². The standard InChI is InChI=1S/C14H17N7/c1-20(7-5-11-9-16-17-10-11)13-4-3-12(18-19-13)14-15-6-8-21(14)2/h3-4,6,8-10H,5,7H2,1-2H3,(H,16,17). The van der Waals surface area contributed by atoms with Gasteiger partial charge in [0.25, 0.3) is 0 Å². The van der Waals surface area contributed by atoms with E-state index in [0.717, 1.165) is 30.3 Å². The van der Waals surface area contributed by atoms with Crippen LogP contribution in [-0.4, -0.2) is 43.5 Å². The lowest BCUT2D eigenvalue weighted by Crippen LogP contribution is -2.21. The van der Waals surface area contributed by atoms with Crippen LogP contribution >= 0.6 is 0 Å². The topological polar surface area (TPSA) is 75.5 Å². The van der Waals surface area contributed by atoms with E-state index in [0.29, 0.717) is 0 Å². The zero-order chi connectivity index (χ0) is 14.7. The van der Waals surface area contributed by atoms with Gasteiger partial charge in [0.2, 0.25) is 0 Å². The molecule has 0 aromatic carbocycles. The van der Waals surface area contributed by atoms with Crippen molar-refractivity contribution in [3.63, 3.8) is 0 Å². The number of aromatic nitrogens is 6. The van der Waals surface area contributed by atoms with Crippen molar-refractivity contribution < 1.29 is 0 Å². The molecule has 0 saturated heterocycles. The second-order valence-electron chi connectivity index (χ2n) is 4.92. The Kier molecular flexibility index (Phi) is 3.63. The van der Waals surface area contributed by atoms with Crippen LogP contribution in [0.25, 0.3) is 11.5 Å². The van der Waals surface area contributed by atoms with Crippen LogP contribution in [0, 0.1) is 0 Å².